The second-order valence-electron chi connectivity index (χ2n) is 21.6. The average Bonchev–Trinajstić information content (AvgIpc) is 4.03. The van der Waals surface area contributed by atoms with Crippen LogP contribution in [0.15, 0.2) is 200 Å². The molecule has 0 bridgehead atoms. The van der Waals surface area contributed by atoms with E-state index >= 15 is 0 Å². The molecule has 0 aliphatic heterocycles. The molecule has 0 radical (unpaired) electrons. The van der Waals surface area contributed by atoms with E-state index in [2.05, 4.69) is 271 Å². The number of hydrogen-bond donors (Lipinski definition) is 0. The molecule has 0 fully saturated rings. The summed E-state index contributed by atoms with van der Waals surface area (Å²) in [5.41, 5.74) is 27.8. The van der Waals surface area contributed by atoms with Crippen molar-refractivity contribution < 1.29 is 0 Å². The molecule has 0 saturated carbocycles. The van der Waals surface area contributed by atoms with Crippen LogP contribution in [-0.2, 0) is 19.3 Å². The third kappa shape index (κ3) is 19.0. The van der Waals surface area contributed by atoms with E-state index in [1.807, 2.05) is 26.0 Å². The van der Waals surface area contributed by atoms with Gasteiger partial charge in [-0.15, -0.1) is 0 Å². The van der Waals surface area contributed by atoms with Crippen molar-refractivity contribution in [3.63, 3.8) is 0 Å². The van der Waals surface area contributed by atoms with Crippen LogP contribution in [0.2, 0.25) is 46.0 Å². The summed E-state index contributed by atoms with van der Waals surface area (Å²) in [5, 5.41) is 0.826. The summed E-state index contributed by atoms with van der Waals surface area (Å²) in [5.74, 6) is 0. The molecule has 0 unspecified atom stereocenters. The molecule has 0 spiro atoms. The highest BCUT2D eigenvalue weighted by Crippen LogP contribution is 2.37. The van der Waals surface area contributed by atoms with E-state index in [9.17, 15) is 0 Å². The lowest BCUT2D eigenvalue weighted by Gasteiger charge is -1.98. The molecule has 0 aromatic heterocycles. The number of halogens is 1. The predicted octanol–water partition coefficient (Wildman–Crippen LogP) is 20.7. The van der Waals surface area contributed by atoms with Gasteiger partial charge in [0.15, 0.2) is 0 Å². The van der Waals surface area contributed by atoms with Gasteiger partial charge < -0.3 is 0 Å². The number of hydrogen-bond acceptors (Lipinski definition) is 0. The Morgan fingerprint density at radius 2 is 0.378 bits per heavy atom. The van der Waals surface area contributed by atoms with E-state index in [1.54, 1.807) is 0 Å². The fraction of sp³-hybridized carbons (Fsp3) is 0.239. The van der Waals surface area contributed by atoms with Crippen molar-refractivity contribution in [1.82, 2.24) is 0 Å². The zero-order valence-corrected chi connectivity index (χ0v) is 48.0. The van der Waals surface area contributed by atoms with Gasteiger partial charge in [-0.25, -0.2) is 0 Å². The van der Waals surface area contributed by atoms with Crippen LogP contribution in [0, 0.1) is 55.4 Å². The molecule has 0 nitrogen and oxygen atoms in total. The van der Waals surface area contributed by atoms with E-state index in [1.165, 1.54) is 111 Å². The largest absolute Gasteiger partial charge is 0.130 e. The fourth-order valence-corrected chi connectivity index (χ4v) is 9.91. The lowest BCUT2D eigenvalue weighted by Crippen LogP contribution is -1.84. The van der Waals surface area contributed by atoms with Crippen molar-refractivity contribution >= 4 is 25.0 Å². The summed E-state index contributed by atoms with van der Waals surface area (Å²) < 4.78 is 0. The minimum absolute atomic E-state index is 0.826. The third-order valence-corrected chi connectivity index (χ3v) is 12.3. The summed E-state index contributed by atoms with van der Waals surface area (Å²) in [4.78, 5) is 0. The molecule has 0 saturated heterocycles. The van der Waals surface area contributed by atoms with E-state index in [0.29, 0.717) is 0 Å². The summed E-state index contributed by atoms with van der Waals surface area (Å²) in [6.45, 7) is 31.5. The molecule has 0 amide bonds. The van der Waals surface area contributed by atoms with Gasteiger partial charge in [0, 0.05) is 5.02 Å². The van der Waals surface area contributed by atoms with Gasteiger partial charge >= 0.3 is 0 Å². The van der Waals surface area contributed by atoms with Crippen LogP contribution in [0.4, 0.5) is 0 Å². The van der Waals surface area contributed by atoms with Crippen molar-refractivity contribution in [2.75, 3.05) is 0 Å². The van der Waals surface area contributed by atoms with Crippen molar-refractivity contribution in [2.24, 2.45) is 0 Å². The fourth-order valence-electron chi connectivity index (χ4n) is 9.56. The highest BCUT2D eigenvalue weighted by molar-refractivity contribution is 6.54. The van der Waals surface area contributed by atoms with Crippen molar-refractivity contribution in [3.05, 3.63) is 283 Å². The van der Waals surface area contributed by atoms with Crippen LogP contribution in [-0.4, -0.2) is 13.4 Å². The maximum atomic E-state index is 5.75. The maximum Gasteiger partial charge on any atom is 0.130 e. The molecule has 3 heteroatoms. The normalized spacial score (nSPS) is 10.7. The number of fused-ring (bicyclic) bond motifs is 9. The minimum Gasteiger partial charge on any atom is -0.0865 e. The van der Waals surface area contributed by atoms with Gasteiger partial charge in [0.05, 0.1) is 0 Å². The van der Waals surface area contributed by atoms with Gasteiger partial charge in [0.2, 0.25) is 0 Å². The molecule has 9 aromatic carbocycles. The van der Waals surface area contributed by atoms with Gasteiger partial charge in [-0.05, 0) is 165 Å². The molecule has 3 aliphatic carbocycles. The number of rotatable bonds is 0. The van der Waals surface area contributed by atoms with Crippen molar-refractivity contribution in [3.8, 4) is 33.4 Å². The Hall–Kier alpha value is -6.60. The van der Waals surface area contributed by atoms with E-state index < -0.39 is 0 Å². The lowest BCUT2D eigenvalue weighted by atomic mass is 9.58. The smallest absolute Gasteiger partial charge is 0.0865 e. The first-order chi connectivity index (χ1) is 35.4. The van der Waals surface area contributed by atoms with Gasteiger partial charge in [-0.1, -0.05) is 274 Å². The summed E-state index contributed by atoms with van der Waals surface area (Å²) in [6, 6.07) is 71.1. The standard InChI is InChI=1S/3C13H10.2C9H12.C8H9Cl.2C3H9B/c3*1-3-7-12-10(5-1)9-11-6-2-4-8-13(11)12;2*1-7-4-8(2)6-9(3)5-7;1-6-3-7(2)5-8(9)4-6;2*1-4(2)3/h3*1-8H,9H2;2*4-6H,1-3H3;3-5H,1-2H3;2*1-3H3. The zero-order chi connectivity index (χ0) is 53.7. The topological polar surface area (TPSA) is 0 Å². The Morgan fingerprint density at radius 1 is 0.243 bits per heavy atom. The molecule has 9 aromatic rings. The van der Waals surface area contributed by atoms with Crippen LogP contribution in [0.5, 0.6) is 0 Å². The molecular formula is C71H81B2Cl. The van der Waals surface area contributed by atoms with Gasteiger partial charge in [0.1, 0.15) is 13.4 Å². The molecule has 3 aliphatic rings. The van der Waals surface area contributed by atoms with Crippen LogP contribution in [0.25, 0.3) is 33.4 Å². The monoisotopic (exact) mass is 991 g/mol. The van der Waals surface area contributed by atoms with E-state index in [0.717, 1.165) is 37.7 Å². The highest BCUT2D eigenvalue weighted by atomic mass is 35.5. The number of aryl methyl sites for hydroxylation is 8. The molecular weight excluding hydrogens is 910 g/mol. The predicted molar refractivity (Wildman–Crippen MR) is 333 cm³/mol. The minimum atomic E-state index is 0.826. The number of benzene rings is 9. The Kier molecular flexibility index (Phi) is 23.1. The van der Waals surface area contributed by atoms with E-state index in [4.69, 9.17) is 11.6 Å². The Morgan fingerprint density at radius 3 is 0.527 bits per heavy atom. The lowest BCUT2D eigenvalue weighted by molar-refractivity contribution is 1.26. The van der Waals surface area contributed by atoms with Gasteiger partial charge in [-0.2, -0.15) is 0 Å². The zero-order valence-electron chi connectivity index (χ0n) is 47.2. The molecule has 12 rings (SSSR count). The van der Waals surface area contributed by atoms with Crippen LogP contribution < -0.4 is 0 Å². The Labute approximate surface area is 454 Å². The van der Waals surface area contributed by atoms with Crippen molar-refractivity contribution in [1.29, 1.82) is 0 Å². The van der Waals surface area contributed by atoms with Gasteiger partial charge in [-0.3, -0.25) is 0 Å². The summed E-state index contributed by atoms with van der Waals surface area (Å²) >= 11 is 5.75. The third-order valence-electron chi connectivity index (χ3n) is 12.0. The molecule has 0 heterocycles. The quantitative estimate of drug-likeness (QED) is 0.133. The van der Waals surface area contributed by atoms with Crippen LogP contribution in [0.3, 0.4) is 0 Å². The molecule has 74 heavy (non-hydrogen) atoms. The highest BCUT2D eigenvalue weighted by Gasteiger charge is 2.18. The summed E-state index contributed by atoms with van der Waals surface area (Å²) in [7, 11) is 0. The SMILES string of the molecule is CB(C)C.CB(C)C.Cc1cc(C)cc(C)c1.Cc1cc(C)cc(C)c1.Cc1cc(C)cc(Cl)c1.c1ccc2c(c1)Cc1ccccc1-2.c1ccc2c(c1)Cc1ccccc1-2.c1ccc2c(c1)Cc1ccccc1-2. The first-order valence-electron chi connectivity index (χ1n) is 26.7. The second kappa shape index (κ2) is 29.3. The first kappa shape index (κ1) is 58.3. The molecule has 378 valence electrons. The van der Waals surface area contributed by atoms with E-state index in [-0.39, 0.29) is 0 Å². The van der Waals surface area contributed by atoms with Crippen LogP contribution in [0.1, 0.15) is 77.9 Å². The second-order valence-corrected chi connectivity index (χ2v) is 22.0. The Bertz CT molecular complexity index is 2550. The summed E-state index contributed by atoms with van der Waals surface area (Å²) in [6.07, 6.45) is 3.31. The molecule has 0 atom stereocenters. The van der Waals surface area contributed by atoms with Crippen molar-refractivity contribution in [2.45, 2.75) is 116 Å². The molecule has 0 N–H and O–H groups in total. The Balaban J connectivity index is 0.000000161. The van der Waals surface area contributed by atoms with Crippen LogP contribution >= 0.6 is 11.6 Å². The van der Waals surface area contributed by atoms with Gasteiger partial charge in [0.25, 0.3) is 0 Å². The first-order valence-corrected chi connectivity index (χ1v) is 27.1. The maximum absolute atomic E-state index is 5.75. The average molecular weight is 992 g/mol.